The number of nitrogens with one attached hydrogen (secondary N) is 1. The van der Waals surface area contributed by atoms with Crippen molar-refractivity contribution in [2.45, 2.75) is 32.8 Å². The van der Waals surface area contributed by atoms with E-state index in [0.717, 1.165) is 6.42 Å². The number of aromatic nitrogens is 2. The Balaban J connectivity index is 2.06. The topological polar surface area (TPSA) is 67.2 Å². The van der Waals surface area contributed by atoms with Gasteiger partial charge in [-0.2, -0.15) is 5.10 Å². The van der Waals surface area contributed by atoms with Crippen LogP contribution in [0.3, 0.4) is 0 Å². The molecule has 1 heterocycles. The van der Waals surface area contributed by atoms with Crippen LogP contribution in [0.5, 0.6) is 0 Å². The number of para-hydroxylation sites is 1. The molecule has 0 spiro atoms. The van der Waals surface area contributed by atoms with Crippen LogP contribution in [0, 0.1) is 11.7 Å². The summed E-state index contributed by atoms with van der Waals surface area (Å²) in [6, 6.07) is 7.72. The third-order valence-corrected chi connectivity index (χ3v) is 4.20. The van der Waals surface area contributed by atoms with Gasteiger partial charge in [-0.1, -0.05) is 32.4 Å². The Hall–Kier alpha value is -2.21. The highest BCUT2D eigenvalue weighted by Crippen LogP contribution is 2.19. The van der Waals surface area contributed by atoms with E-state index in [-0.39, 0.29) is 23.8 Å². The first-order valence-corrected chi connectivity index (χ1v) is 7.66. The molecule has 0 radical (unpaired) electrons. The maximum absolute atomic E-state index is 13.7. The molecule has 2 rings (SSSR count). The van der Waals surface area contributed by atoms with Crippen LogP contribution in [0.1, 0.15) is 37.7 Å². The van der Waals surface area contributed by atoms with Crippen LogP contribution in [-0.2, 0) is 0 Å². The molecule has 1 amide bonds. The van der Waals surface area contributed by atoms with Gasteiger partial charge < -0.3 is 10.4 Å². The molecule has 23 heavy (non-hydrogen) atoms. The number of halogens is 1. The molecule has 0 aliphatic heterocycles. The van der Waals surface area contributed by atoms with Crippen molar-refractivity contribution in [3.8, 4) is 5.69 Å². The Morgan fingerprint density at radius 3 is 2.78 bits per heavy atom. The predicted molar refractivity (Wildman–Crippen MR) is 85.9 cm³/mol. The summed E-state index contributed by atoms with van der Waals surface area (Å²) in [5, 5.41) is 17.1. The van der Waals surface area contributed by atoms with E-state index in [9.17, 15) is 14.3 Å². The lowest BCUT2D eigenvalue weighted by Crippen LogP contribution is -2.45. The lowest BCUT2D eigenvalue weighted by atomic mass is 9.88. The highest BCUT2D eigenvalue weighted by atomic mass is 19.1. The maximum Gasteiger partial charge on any atom is 0.271 e. The minimum absolute atomic E-state index is 0.0544. The summed E-state index contributed by atoms with van der Waals surface area (Å²) < 4.78 is 15.0. The fraction of sp³-hybridized carbons (Fsp3) is 0.412. The summed E-state index contributed by atoms with van der Waals surface area (Å²) in [6.07, 6.45) is 2.34. The van der Waals surface area contributed by atoms with Crippen molar-refractivity contribution in [3.05, 3.63) is 48.0 Å². The van der Waals surface area contributed by atoms with E-state index in [0.29, 0.717) is 0 Å². The van der Waals surface area contributed by atoms with Gasteiger partial charge in [0.1, 0.15) is 11.5 Å². The summed E-state index contributed by atoms with van der Waals surface area (Å²) in [7, 11) is 0. The fourth-order valence-electron chi connectivity index (χ4n) is 2.18. The number of rotatable bonds is 6. The van der Waals surface area contributed by atoms with E-state index in [2.05, 4.69) is 10.4 Å². The molecule has 5 nitrogen and oxygen atoms in total. The van der Waals surface area contributed by atoms with Crippen LogP contribution >= 0.6 is 0 Å². The van der Waals surface area contributed by atoms with E-state index in [1.807, 2.05) is 13.8 Å². The van der Waals surface area contributed by atoms with Crippen molar-refractivity contribution in [1.82, 2.24) is 15.1 Å². The van der Waals surface area contributed by atoms with Crippen LogP contribution in [0.2, 0.25) is 0 Å². The Bertz CT molecular complexity index is 682. The van der Waals surface area contributed by atoms with Gasteiger partial charge in [-0.15, -0.1) is 0 Å². The largest absolute Gasteiger partial charge is 0.388 e. The average molecular weight is 319 g/mol. The standard InChI is InChI=1S/C17H22FN3O2/c1-4-12(2)17(3,23)11-19-16(22)14-9-10-21(20-14)15-8-6-5-7-13(15)18/h5-10,12,23H,4,11H2,1-3H3,(H,19,22). The van der Waals surface area contributed by atoms with Crippen molar-refractivity contribution in [1.29, 1.82) is 0 Å². The summed E-state index contributed by atoms with van der Waals surface area (Å²) in [5.41, 5.74) is -0.537. The molecule has 0 aliphatic rings. The van der Waals surface area contributed by atoms with Crippen molar-refractivity contribution < 1.29 is 14.3 Å². The third-order valence-electron chi connectivity index (χ3n) is 4.20. The zero-order chi connectivity index (χ0) is 17.0. The van der Waals surface area contributed by atoms with E-state index in [1.165, 1.54) is 23.0 Å². The minimum atomic E-state index is -0.988. The lowest BCUT2D eigenvalue weighted by Gasteiger charge is -2.29. The van der Waals surface area contributed by atoms with Gasteiger partial charge in [0.2, 0.25) is 0 Å². The van der Waals surface area contributed by atoms with Gasteiger partial charge in [0.25, 0.3) is 5.91 Å². The summed E-state index contributed by atoms with van der Waals surface area (Å²) in [4.78, 5) is 12.1. The van der Waals surface area contributed by atoms with Crippen LogP contribution in [0.25, 0.3) is 5.69 Å². The molecule has 2 unspecified atom stereocenters. The quantitative estimate of drug-likeness (QED) is 0.860. The van der Waals surface area contributed by atoms with Gasteiger partial charge in [-0.25, -0.2) is 9.07 Å². The predicted octanol–water partition coefficient (Wildman–Crippen LogP) is 2.54. The number of nitrogens with zero attached hydrogens (tertiary/aromatic N) is 2. The molecule has 1 aromatic carbocycles. The molecule has 0 saturated heterocycles. The second kappa shape index (κ2) is 6.91. The molecule has 124 valence electrons. The number of carbonyl (C=O) groups is 1. The van der Waals surface area contributed by atoms with E-state index < -0.39 is 17.3 Å². The zero-order valence-electron chi connectivity index (χ0n) is 13.6. The van der Waals surface area contributed by atoms with Crippen molar-refractivity contribution in [2.75, 3.05) is 6.54 Å². The Labute approximate surface area is 135 Å². The van der Waals surface area contributed by atoms with Crippen molar-refractivity contribution in [2.24, 2.45) is 5.92 Å². The Morgan fingerprint density at radius 1 is 1.43 bits per heavy atom. The highest BCUT2D eigenvalue weighted by Gasteiger charge is 2.27. The van der Waals surface area contributed by atoms with Gasteiger partial charge >= 0.3 is 0 Å². The van der Waals surface area contributed by atoms with Crippen molar-refractivity contribution >= 4 is 5.91 Å². The van der Waals surface area contributed by atoms with E-state index >= 15 is 0 Å². The molecule has 0 fully saturated rings. The average Bonchev–Trinajstić information content (AvgIpc) is 3.02. The lowest BCUT2D eigenvalue weighted by molar-refractivity contribution is 0.00587. The number of benzene rings is 1. The summed E-state index contributed by atoms with van der Waals surface area (Å²) in [5.74, 6) is -0.760. The summed E-state index contributed by atoms with van der Waals surface area (Å²) >= 11 is 0. The molecule has 2 atom stereocenters. The van der Waals surface area contributed by atoms with Gasteiger partial charge in [-0.05, 0) is 31.0 Å². The molecule has 2 N–H and O–H groups in total. The number of hydrogen-bond donors (Lipinski definition) is 2. The first-order valence-electron chi connectivity index (χ1n) is 7.66. The first kappa shape index (κ1) is 17.1. The second-order valence-corrected chi connectivity index (χ2v) is 5.95. The number of aliphatic hydroxyl groups is 1. The number of amides is 1. The molecule has 6 heteroatoms. The van der Waals surface area contributed by atoms with Crippen LogP contribution < -0.4 is 5.32 Å². The molecular formula is C17H22FN3O2. The smallest absolute Gasteiger partial charge is 0.271 e. The number of hydrogen-bond acceptors (Lipinski definition) is 3. The van der Waals surface area contributed by atoms with Gasteiger partial charge in [0.05, 0.1) is 5.60 Å². The van der Waals surface area contributed by atoms with Crippen LogP contribution in [-0.4, -0.2) is 32.9 Å². The monoisotopic (exact) mass is 319 g/mol. The molecule has 1 aromatic heterocycles. The minimum Gasteiger partial charge on any atom is -0.388 e. The fourth-order valence-corrected chi connectivity index (χ4v) is 2.18. The third kappa shape index (κ3) is 3.96. The summed E-state index contributed by atoms with van der Waals surface area (Å²) in [6.45, 7) is 5.74. The van der Waals surface area contributed by atoms with E-state index in [4.69, 9.17) is 0 Å². The number of carbonyl (C=O) groups excluding carboxylic acids is 1. The molecule has 0 bridgehead atoms. The molecular weight excluding hydrogens is 297 g/mol. The first-order chi connectivity index (χ1) is 10.8. The Morgan fingerprint density at radius 2 is 2.13 bits per heavy atom. The second-order valence-electron chi connectivity index (χ2n) is 5.95. The Kier molecular flexibility index (Phi) is 5.15. The van der Waals surface area contributed by atoms with Gasteiger partial charge in [0.15, 0.2) is 5.69 Å². The molecule has 2 aromatic rings. The van der Waals surface area contributed by atoms with Crippen LogP contribution in [0.4, 0.5) is 4.39 Å². The normalized spacial score (nSPS) is 15.0. The van der Waals surface area contributed by atoms with Gasteiger partial charge in [-0.3, -0.25) is 4.79 Å². The zero-order valence-corrected chi connectivity index (χ0v) is 13.6. The van der Waals surface area contributed by atoms with E-state index in [1.54, 1.807) is 25.1 Å². The molecule has 0 aliphatic carbocycles. The van der Waals surface area contributed by atoms with Crippen LogP contribution in [0.15, 0.2) is 36.5 Å². The highest BCUT2D eigenvalue weighted by molar-refractivity contribution is 5.92. The van der Waals surface area contributed by atoms with Crippen molar-refractivity contribution in [3.63, 3.8) is 0 Å². The SMILES string of the molecule is CCC(C)C(C)(O)CNC(=O)c1ccn(-c2ccccc2F)n1. The maximum atomic E-state index is 13.7. The molecule has 0 saturated carbocycles. The van der Waals surface area contributed by atoms with Gasteiger partial charge in [0, 0.05) is 12.7 Å².